The molecule has 0 amide bonds. The molecule has 6 nitrogen and oxygen atoms in total. The SMILES string of the molecule is O=S(=O)(NCCOc1ccc2c(c1)OCO2)c1cc(F)ccc1F. The topological polar surface area (TPSA) is 73.9 Å². The molecule has 0 fully saturated rings. The van der Waals surface area contributed by atoms with E-state index in [1.165, 1.54) is 0 Å². The summed E-state index contributed by atoms with van der Waals surface area (Å²) >= 11 is 0. The highest BCUT2D eigenvalue weighted by Crippen LogP contribution is 2.34. The van der Waals surface area contributed by atoms with Crippen LogP contribution >= 0.6 is 0 Å². The van der Waals surface area contributed by atoms with Gasteiger partial charge in [0.2, 0.25) is 16.8 Å². The number of hydrogen-bond donors (Lipinski definition) is 1. The van der Waals surface area contributed by atoms with Crippen LogP contribution in [0.1, 0.15) is 0 Å². The molecule has 1 aliphatic heterocycles. The van der Waals surface area contributed by atoms with Gasteiger partial charge in [0.05, 0.1) is 0 Å². The second-order valence-corrected chi connectivity index (χ2v) is 6.57. The number of ether oxygens (including phenoxy) is 3. The molecule has 9 heteroatoms. The number of hydrogen-bond acceptors (Lipinski definition) is 5. The fraction of sp³-hybridized carbons (Fsp3) is 0.200. The maximum atomic E-state index is 13.5. The normalized spacial score (nSPS) is 13.1. The minimum Gasteiger partial charge on any atom is -0.492 e. The fourth-order valence-corrected chi connectivity index (χ4v) is 3.17. The summed E-state index contributed by atoms with van der Waals surface area (Å²) in [7, 11) is -4.17. The van der Waals surface area contributed by atoms with Crippen LogP contribution in [0.4, 0.5) is 8.78 Å². The highest BCUT2D eigenvalue weighted by molar-refractivity contribution is 7.89. The third-order valence-electron chi connectivity index (χ3n) is 3.19. The van der Waals surface area contributed by atoms with Gasteiger partial charge in [0.25, 0.3) is 0 Å². The molecule has 1 N–H and O–H groups in total. The van der Waals surface area contributed by atoms with Crippen molar-refractivity contribution in [1.82, 2.24) is 4.72 Å². The number of halogens is 2. The maximum Gasteiger partial charge on any atom is 0.243 e. The van der Waals surface area contributed by atoms with Crippen molar-refractivity contribution >= 4 is 10.0 Å². The summed E-state index contributed by atoms with van der Waals surface area (Å²) < 4.78 is 68.4. The Bertz CT molecular complexity index is 857. The molecular formula is C15H13F2NO5S. The monoisotopic (exact) mass is 357 g/mol. The van der Waals surface area contributed by atoms with Gasteiger partial charge in [-0.15, -0.1) is 0 Å². The molecule has 0 saturated carbocycles. The van der Waals surface area contributed by atoms with Gasteiger partial charge in [0, 0.05) is 12.6 Å². The second kappa shape index (κ2) is 6.62. The largest absolute Gasteiger partial charge is 0.492 e. The lowest BCUT2D eigenvalue weighted by molar-refractivity contribution is 0.173. The van der Waals surface area contributed by atoms with E-state index in [0.717, 1.165) is 12.1 Å². The maximum absolute atomic E-state index is 13.5. The van der Waals surface area contributed by atoms with Crippen molar-refractivity contribution in [3.63, 3.8) is 0 Å². The van der Waals surface area contributed by atoms with Crippen LogP contribution in [0.2, 0.25) is 0 Å². The first-order valence-corrected chi connectivity index (χ1v) is 8.41. The Labute approximate surface area is 137 Å². The molecule has 0 unspecified atom stereocenters. The van der Waals surface area contributed by atoms with Crippen molar-refractivity contribution in [3.8, 4) is 17.2 Å². The first kappa shape index (κ1) is 16.5. The molecule has 1 heterocycles. The van der Waals surface area contributed by atoms with Crippen LogP contribution in [0.25, 0.3) is 0 Å². The third-order valence-corrected chi connectivity index (χ3v) is 4.67. The molecule has 24 heavy (non-hydrogen) atoms. The zero-order chi connectivity index (χ0) is 17.2. The number of benzene rings is 2. The van der Waals surface area contributed by atoms with Gasteiger partial charge < -0.3 is 14.2 Å². The van der Waals surface area contributed by atoms with Crippen LogP contribution in [0.15, 0.2) is 41.3 Å². The highest BCUT2D eigenvalue weighted by atomic mass is 32.2. The van der Waals surface area contributed by atoms with E-state index in [4.69, 9.17) is 14.2 Å². The summed E-state index contributed by atoms with van der Waals surface area (Å²) in [6.45, 7) is 0.0142. The molecule has 3 rings (SSSR count). The molecule has 128 valence electrons. The zero-order valence-corrected chi connectivity index (χ0v) is 13.1. The van der Waals surface area contributed by atoms with E-state index in [-0.39, 0.29) is 19.9 Å². The van der Waals surface area contributed by atoms with Gasteiger partial charge in [0.1, 0.15) is 28.9 Å². The summed E-state index contributed by atoms with van der Waals surface area (Å²) in [6, 6.07) is 7.15. The summed E-state index contributed by atoms with van der Waals surface area (Å²) in [5.41, 5.74) is 0. The Morgan fingerprint density at radius 3 is 2.71 bits per heavy atom. The lowest BCUT2D eigenvalue weighted by atomic mass is 10.3. The lowest BCUT2D eigenvalue weighted by Crippen LogP contribution is -2.29. The van der Waals surface area contributed by atoms with Gasteiger partial charge in [-0.3, -0.25) is 0 Å². The molecule has 0 aromatic heterocycles. The Balaban J connectivity index is 1.57. The summed E-state index contributed by atoms with van der Waals surface area (Å²) in [6.07, 6.45) is 0. The molecule has 2 aromatic rings. The van der Waals surface area contributed by atoms with E-state index in [1.54, 1.807) is 18.2 Å². The van der Waals surface area contributed by atoms with Gasteiger partial charge in [-0.1, -0.05) is 0 Å². The standard InChI is InChI=1S/C15H13F2NO5S/c16-10-1-3-12(17)15(7-10)24(19,20)18-5-6-21-11-2-4-13-14(8-11)23-9-22-13/h1-4,7-8,18H,5-6,9H2. The van der Waals surface area contributed by atoms with Crippen molar-refractivity contribution in [2.45, 2.75) is 4.90 Å². The molecule has 0 radical (unpaired) electrons. The lowest BCUT2D eigenvalue weighted by Gasteiger charge is -2.09. The van der Waals surface area contributed by atoms with E-state index < -0.39 is 26.6 Å². The fourth-order valence-electron chi connectivity index (χ4n) is 2.07. The van der Waals surface area contributed by atoms with Crippen molar-refractivity contribution in [3.05, 3.63) is 48.0 Å². The average Bonchev–Trinajstić information content (AvgIpc) is 3.01. The molecular weight excluding hydrogens is 344 g/mol. The second-order valence-electron chi connectivity index (χ2n) is 4.84. The van der Waals surface area contributed by atoms with Gasteiger partial charge in [-0.05, 0) is 30.3 Å². The third kappa shape index (κ3) is 3.57. The number of sulfonamides is 1. The van der Waals surface area contributed by atoms with E-state index in [9.17, 15) is 17.2 Å². The highest BCUT2D eigenvalue weighted by Gasteiger charge is 2.19. The van der Waals surface area contributed by atoms with E-state index >= 15 is 0 Å². The van der Waals surface area contributed by atoms with Crippen LogP contribution < -0.4 is 18.9 Å². The van der Waals surface area contributed by atoms with Gasteiger partial charge in [0.15, 0.2) is 11.5 Å². The van der Waals surface area contributed by atoms with Crippen molar-refractivity contribution in [1.29, 1.82) is 0 Å². The van der Waals surface area contributed by atoms with Gasteiger partial charge in [-0.2, -0.15) is 0 Å². The number of rotatable bonds is 6. The quantitative estimate of drug-likeness (QED) is 0.801. The summed E-state index contributed by atoms with van der Waals surface area (Å²) in [5, 5.41) is 0. The first-order valence-electron chi connectivity index (χ1n) is 6.93. The van der Waals surface area contributed by atoms with E-state index in [0.29, 0.717) is 23.3 Å². The van der Waals surface area contributed by atoms with Crippen LogP contribution in [-0.4, -0.2) is 28.4 Å². The van der Waals surface area contributed by atoms with Crippen LogP contribution in [0.5, 0.6) is 17.2 Å². The molecule has 0 bridgehead atoms. The van der Waals surface area contributed by atoms with Crippen LogP contribution in [0.3, 0.4) is 0 Å². The zero-order valence-electron chi connectivity index (χ0n) is 12.3. The summed E-state index contributed by atoms with van der Waals surface area (Å²) in [4.78, 5) is -0.745. The minimum atomic E-state index is -4.17. The predicted octanol–water partition coefficient (Wildman–Crippen LogP) is 2.05. The van der Waals surface area contributed by atoms with Gasteiger partial charge >= 0.3 is 0 Å². The molecule has 0 spiro atoms. The van der Waals surface area contributed by atoms with Crippen molar-refractivity contribution in [2.24, 2.45) is 0 Å². The Morgan fingerprint density at radius 2 is 1.88 bits per heavy atom. The van der Waals surface area contributed by atoms with Crippen molar-refractivity contribution in [2.75, 3.05) is 19.9 Å². The minimum absolute atomic E-state index is 0.00416. The molecule has 0 aliphatic carbocycles. The van der Waals surface area contributed by atoms with Gasteiger partial charge in [-0.25, -0.2) is 21.9 Å². The molecule has 0 saturated heterocycles. The van der Waals surface area contributed by atoms with Crippen LogP contribution in [0, 0.1) is 11.6 Å². The number of nitrogens with one attached hydrogen (secondary N) is 1. The number of fused-ring (bicyclic) bond motifs is 1. The average molecular weight is 357 g/mol. The van der Waals surface area contributed by atoms with Crippen LogP contribution in [-0.2, 0) is 10.0 Å². The molecule has 1 aliphatic rings. The predicted molar refractivity (Wildman–Crippen MR) is 79.6 cm³/mol. The Kier molecular flexibility index (Phi) is 4.54. The van der Waals surface area contributed by atoms with E-state index in [1.807, 2.05) is 0 Å². The molecule has 0 atom stereocenters. The Morgan fingerprint density at radius 1 is 1.08 bits per heavy atom. The smallest absolute Gasteiger partial charge is 0.243 e. The van der Waals surface area contributed by atoms with E-state index in [2.05, 4.69) is 4.72 Å². The van der Waals surface area contributed by atoms with Crippen molar-refractivity contribution < 1.29 is 31.4 Å². The summed E-state index contributed by atoms with van der Waals surface area (Å²) in [5.74, 6) is -0.260. The first-order chi connectivity index (χ1) is 11.5. The Hall–Kier alpha value is -2.39. The molecule has 2 aromatic carbocycles.